The van der Waals surface area contributed by atoms with Crippen molar-refractivity contribution in [2.75, 3.05) is 30.4 Å². The Morgan fingerprint density at radius 1 is 1.06 bits per heavy atom. The van der Waals surface area contributed by atoms with Crippen LogP contribution in [0.4, 0.5) is 11.4 Å². The third-order valence-corrected chi connectivity index (χ3v) is 6.03. The number of primary amides is 1. The Hall–Kier alpha value is -4.14. The highest BCUT2D eigenvalue weighted by Crippen LogP contribution is 2.30. The molecule has 0 spiro atoms. The number of Topliss-reactive ketones (excluding diaryl/α,β-unsaturated/α-hetero) is 1. The molecular formula is C26H29N5O4. The van der Waals surface area contributed by atoms with Gasteiger partial charge in [-0.3, -0.25) is 9.59 Å². The Bertz CT molecular complexity index is 1230. The van der Waals surface area contributed by atoms with Gasteiger partial charge in [-0.25, -0.2) is 4.68 Å². The van der Waals surface area contributed by atoms with Crippen molar-refractivity contribution >= 4 is 29.0 Å². The molecule has 182 valence electrons. The summed E-state index contributed by atoms with van der Waals surface area (Å²) in [5.41, 5.74) is 8.93. The quantitative estimate of drug-likeness (QED) is 0.434. The highest BCUT2D eigenvalue weighted by atomic mass is 16.5. The Kier molecular flexibility index (Phi) is 7.14. The minimum atomic E-state index is -0.659. The maximum absolute atomic E-state index is 13.6. The summed E-state index contributed by atoms with van der Waals surface area (Å²) in [6.45, 7) is 2.80. The van der Waals surface area contributed by atoms with E-state index in [4.69, 9.17) is 10.5 Å². The largest absolute Gasteiger partial charge is 0.497 e. The van der Waals surface area contributed by atoms with Crippen molar-refractivity contribution in [3.8, 4) is 11.4 Å². The first-order chi connectivity index (χ1) is 16.9. The lowest BCUT2D eigenvalue weighted by Gasteiger charge is -2.28. The predicted octanol–water partition coefficient (Wildman–Crippen LogP) is 3.35. The van der Waals surface area contributed by atoms with Crippen LogP contribution in [0.3, 0.4) is 0 Å². The number of ether oxygens (including phenoxy) is 1. The Balaban J connectivity index is 1.55. The van der Waals surface area contributed by atoms with E-state index in [0.29, 0.717) is 42.1 Å². The van der Waals surface area contributed by atoms with Gasteiger partial charge in [-0.15, -0.1) is 0 Å². The first-order valence-electron chi connectivity index (χ1n) is 11.6. The van der Waals surface area contributed by atoms with Gasteiger partial charge in [0, 0.05) is 36.4 Å². The van der Waals surface area contributed by atoms with Gasteiger partial charge in [-0.1, -0.05) is 0 Å². The molecule has 3 aromatic rings. The fourth-order valence-corrected chi connectivity index (χ4v) is 4.21. The summed E-state index contributed by atoms with van der Waals surface area (Å²) >= 11 is 0. The molecular weight excluding hydrogens is 446 g/mol. The number of fused-ring (bicyclic) bond motifs is 1. The van der Waals surface area contributed by atoms with Crippen molar-refractivity contribution < 1.29 is 19.1 Å². The van der Waals surface area contributed by atoms with E-state index in [0.717, 1.165) is 30.8 Å². The maximum Gasteiger partial charge on any atom is 0.277 e. The number of nitrogens with two attached hydrogens (primary N) is 1. The molecule has 0 aliphatic carbocycles. The minimum Gasteiger partial charge on any atom is -0.497 e. The van der Waals surface area contributed by atoms with Gasteiger partial charge >= 0.3 is 0 Å². The van der Waals surface area contributed by atoms with Crippen LogP contribution in [0.5, 0.6) is 5.75 Å². The van der Waals surface area contributed by atoms with Crippen LogP contribution in [0.2, 0.25) is 0 Å². The zero-order chi connectivity index (χ0) is 24.9. The summed E-state index contributed by atoms with van der Waals surface area (Å²) in [5.74, 6) is -0.0223. The minimum absolute atomic E-state index is 0.119. The van der Waals surface area contributed by atoms with Crippen LogP contribution in [-0.4, -0.2) is 47.6 Å². The van der Waals surface area contributed by atoms with Crippen LogP contribution >= 0.6 is 0 Å². The second-order valence-corrected chi connectivity index (χ2v) is 8.49. The number of methoxy groups -OCH3 is 1. The van der Waals surface area contributed by atoms with Crippen molar-refractivity contribution in [1.82, 2.24) is 9.78 Å². The van der Waals surface area contributed by atoms with E-state index in [-0.39, 0.29) is 17.4 Å². The standard InChI is InChI=1S/C26H29N5O4/c1-17(32)5-3-4-15-28-18-6-8-19(9-7-18)30-16-14-22-23(25(27)33)29-31(24(22)26(30)34)20-10-12-21(35-2)13-11-20/h6-13,28H,3-5,14-16H2,1-2H3,(H2,27,33). The molecule has 2 heterocycles. The van der Waals surface area contributed by atoms with Gasteiger partial charge in [0.25, 0.3) is 11.8 Å². The summed E-state index contributed by atoms with van der Waals surface area (Å²) in [7, 11) is 1.58. The second kappa shape index (κ2) is 10.4. The van der Waals surface area contributed by atoms with E-state index >= 15 is 0 Å². The van der Waals surface area contributed by atoms with Gasteiger partial charge in [0.15, 0.2) is 5.69 Å². The van der Waals surface area contributed by atoms with E-state index < -0.39 is 5.91 Å². The molecule has 0 saturated carbocycles. The summed E-state index contributed by atoms with van der Waals surface area (Å²) in [6, 6.07) is 14.7. The van der Waals surface area contributed by atoms with Gasteiger partial charge in [0.2, 0.25) is 0 Å². The van der Waals surface area contributed by atoms with Crippen molar-refractivity contribution in [2.45, 2.75) is 32.6 Å². The van der Waals surface area contributed by atoms with Gasteiger partial charge in [0.1, 0.15) is 17.2 Å². The first kappa shape index (κ1) is 24.0. The molecule has 1 aliphatic rings. The SMILES string of the molecule is COc1ccc(-n2nc(C(N)=O)c3c2C(=O)N(c2ccc(NCCCCC(C)=O)cc2)CC3)cc1. The van der Waals surface area contributed by atoms with Crippen molar-refractivity contribution in [3.63, 3.8) is 0 Å². The lowest BCUT2D eigenvalue weighted by molar-refractivity contribution is -0.117. The number of unbranched alkanes of at least 4 members (excludes halogenated alkanes) is 1. The van der Waals surface area contributed by atoms with E-state index in [1.807, 2.05) is 24.3 Å². The summed E-state index contributed by atoms with van der Waals surface area (Å²) in [4.78, 5) is 38.4. The number of amides is 2. The van der Waals surface area contributed by atoms with Crippen LogP contribution in [0, 0.1) is 0 Å². The topological polar surface area (TPSA) is 120 Å². The zero-order valence-corrected chi connectivity index (χ0v) is 19.9. The third-order valence-electron chi connectivity index (χ3n) is 6.03. The third kappa shape index (κ3) is 5.18. The van der Waals surface area contributed by atoms with Crippen molar-refractivity contribution in [2.24, 2.45) is 5.73 Å². The summed E-state index contributed by atoms with van der Waals surface area (Å²) in [6.07, 6.45) is 2.84. The molecule has 0 bridgehead atoms. The molecule has 0 radical (unpaired) electrons. The maximum atomic E-state index is 13.6. The number of carbonyl (C=O) groups excluding carboxylic acids is 3. The fourth-order valence-electron chi connectivity index (χ4n) is 4.21. The molecule has 2 aromatic carbocycles. The Labute approximate surface area is 203 Å². The first-order valence-corrected chi connectivity index (χ1v) is 11.6. The number of benzene rings is 2. The van der Waals surface area contributed by atoms with E-state index in [1.165, 1.54) is 4.68 Å². The molecule has 9 heteroatoms. The number of ketones is 1. The van der Waals surface area contributed by atoms with Crippen LogP contribution < -0.4 is 20.7 Å². The number of nitrogens with one attached hydrogen (secondary N) is 1. The predicted molar refractivity (Wildman–Crippen MR) is 133 cm³/mol. The molecule has 0 unspecified atom stereocenters. The molecule has 2 amide bonds. The van der Waals surface area contributed by atoms with Crippen molar-refractivity contribution in [3.05, 3.63) is 65.5 Å². The summed E-state index contributed by atoms with van der Waals surface area (Å²) in [5, 5.41) is 7.73. The number of hydrogen-bond donors (Lipinski definition) is 2. The number of rotatable bonds is 10. The number of anilines is 2. The normalized spacial score (nSPS) is 12.9. The van der Waals surface area contributed by atoms with Crippen molar-refractivity contribution in [1.29, 1.82) is 0 Å². The summed E-state index contributed by atoms with van der Waals surface area (Å²) < 4.78 is 6.70. The van der Waals surface area contributed by atoms with Crippen LogP contribution in [0.1, 0.15) is 52.7 Å². The molecule has 0 atom stereocenters. The molecule has 0 fully saturated rings. The number of carbonyl (C=O) groups is 3. The lowest BCUT2D eigenvalue weighted by Crippen LogP contribution is -2.39. The lowest BCUT2D eigenvalue weighted by atomic mass is 10.0. The second-order valence-electron chi connectivity index (χ2n) is 8.49. The molecule has 1 aliphatic heterocycles. The monoisotopic (exact) mass is 475 g/mol. The number of hydrogen-bond acceptors (Lipinski definition) is 6. The number of aromatic nitrogens is 2. The average molecular weight is 476 g/mol. The number of nitrogens with zero attached hydrogens (tertiary/aromatic N) is 3. The fraction of sp³-hybridized carbons (Fsp3) is 0.308. The molecule has 35 heavy (non-hydrogen) atoms. The van der Waals surface area contributed by atoms with E-state index in [2.05, 4.69) is 10.4 Å². The average Bonchev–Trinajstić information content (AvgIpc) is 3.25. The van der Waals surface area contributed by atoms with Gasteiger partial charge in [-0.05, 0) is 74.7 Å². The molecule has 9 nitrogen and oxygen atoms in total. The molecule has 4 rings (SSSR count). The van der Waals surface area contributed by atoms with Crippen LogP contribution in [0.25, 0.3) is 5.69 Å². The molecule has 0 saturated heterocycles. The van der Waals surface area contributed by atoms with Gasteiger partial charge in [0.05, 0.1) is 12.8 Å². The van der Waals surface area contributed by atoms with Gasteiger partial charge < -0.3 is 25.5 Å². The smallest absolute Gasteiger partial charge is 0.277 e. The Morgan fingerprint density at radius 3 is 2.37 bits per heavy atom. The van der Waals surface area contributed by atoms with Gasteiger partial charge in [-0.2, -0.15) is 5.10 Å². The highest BCUT2D eigenvalue weighted by Gasteiger charge is 2.34. The Morgan fingerprint density at radius 2 is 1.74 bits per heavy atom. The zero-order valence-electron chi connectivity index (χ0n) is 19.9. The molecule has 1 aromatic heterocycles. The molecule has 3 N–H and O–H groups in total. The van der Waals surface area contributed by atoms with Crippen LogP contribution in [-0.2, 0) is 11.2 Å². The van der Waals surface area contributed by atoms with E-state index in [9.17, 15) is 14.4 Å². The highest BCUT2D eigenvalue weighted by molar-refractivity contribution is 6.09. The van der Waals surface area contributed by atoms with Crippen LogP contribution in [0.15, 0.2) is 48.5 Å². The van der Waals surface area contributed by atoms with E-state index in [1.54, 1.807) is 43.2 Å².